The predicted molar refractivity (Wildman–Crippen MR) is 157 cm³/mol. The number of rotatable bonds is 8. The molecular formula is C30H43N8O4+. The van der Waals surface area contributed by atoms with E-state index in [9.17, 15) is 15.4 Å². The van der Waals surface area contributed by atoms with E-state index in [0.717, 1.165) is 48.9 Å². The molecule has 0 amide bonds. The average molecular weight is 580 g/mol. The number of fused-ring (bicyclic) bond motifs is 2. The van der Waals surface area contributed by atoms with Crippen LogP contribution in [0.15, 0.2) is 30.9 Å². The van der Waals surface area contributed by atoms with Gasteiger partial charge in [-0.2, -0.15) is 0 Å². The molecule has 1 aromatic carbocycles. The Morgan fingerprint density at radius 2 is 1.95 bits per heavy atom. The smallest absolute Gasteiger partial charge is 0.289 e. The van der Waals surface area contributed by atoms with Crippen LogP contribution in [0.5, 0.6) is 0 Å². The van der Waals surface area contributed by atoms with E-state index < -0.39 is 24.5 Å². The monoisotopic (exact) mass is 579 g/mol. The van der Waals surface area contributed by atoms with Crippen molar-refractivity contribution in [3.8, 4) is 0 Å². The molecule has 12 heteroatoms. The number of nitrogen functional groups attached to an aromatic ring is 1. The van der Waals surface area contributed by atoms with Crippen LogP contribution in [0.4, 0.5) is 5.82 Å². The number of aromatic nitrogens is 6. The highest BCUT2D eigenvalue weighted by molar-refractivity contribution is 5.79. The lowest BCUT2D eigenvalue weighted by atomic mass is 9.76. The Balaban J connectivity index is 1.06. The van der Waals surface area contributed by atoms with Gasteiger partial charge in [0, 0.05) is 25.0 Å². The highest BCUT2D eigenvalue weighted by Gasteiger charge is 2.47. The maximum atomic E-state index is 10.9. The van der Waals surface area contributed by atoms with E-state index in [2.05, 4.69) is 72.7 Å². The Hall–Kier alpha value is -3.32. The van der Waals surface area contributed by atoms with Crippen molar-refractivity contribution in [1.29, 1.82) is 0 Å². The number of anilines is 1. The number of hydrogen-bond acceptors (Lipinski definition) is 9. The number of hydrogen-bond donors (Lipinski definition) is 5. The van der Waals surface area contributed by atoms with Gasteiger partial charge in [0.2, 0.25) is 11.2 Å². The highest BCUT2D eigenvalue weighted by Crippen LogP contribution is 2.38. The summed E-state index contributed by atoms with van der Waals surface area (Å²) in [5, 5.41) is 31.6. The van der Waals surface area contributed by atoms with E-state index in [1.165, 1.54) is 11.9 Å². The van der Waals surface area contributed by atoms with Gasteiger partial charge in [-0.1, -0.05) is 36.6 Å². The number of nitrogens with two attached hydrogens (primary N) is 1. The van der Waals surface area contributed by atoms with Crippen molar-refractivity contribution in [1.82, 2.24) is 29.4 Å². The van der Waals surface area contributed by atoms with Crippen molar-refractivity contribution >= 4 is 28.0 Å². The molecule has 42 heavy (non-hydrogen) atoms. The standard InChI is InChI=1S/C30H42N8O4/c1-16(2)36(13-22-25(39)26(40)29(42-22)37-14-32-24-27(31)38(41)15-33-28(24)37)19-10-17(11-19)6-9-23-34-20-8-7-18(30(3,4)5)12-21(20)35-23/h7-8,12,14-17,19,22,25-26,29,31,39-41H,6,9-11,13H2,1-5H3,(H,34,35)/p+1/t17-,19-,22-,25-,26-,29-/m1/s1. The maximum Gasteiger partial charge on any atom is 0.289 e. The molecule has 6 rings (SSSR count). The molecule has 4 heterocycles. The number of nitrogens with one attached hydrogen (secondary N) is 1. The number of aryl methyl sites for hydroxylation is 1. The van der Waals surface area contributed by atoms with E-state index in [-0.39, 0.29) is 22.8 Å². The van der Waals surface area contributed by atoms with Crippen molar-refractivity contribution in [3.63, 3.8) is 0 Å². The summed E-state index contributed by atoms with van der Waals surface area (Å²) in [6, 6.07) is 7.16. The largest absolute Gasteiger partial charge is 0.387 e. The van der Waals surface area contributed by atoms with Crippen LogP contribution in [-0.2, 0) is 16.6 Å². The summed E-state index contributed by atoms with van der Waals surface area (Å²) in [5.74, 6) is 1.69. The molecule has 0 radical (unpaired) electrons. The second-order valence-corrected chi connectivity index (χ2v) is 13.3. The molecule has 2 aliphatic rings. The minimum absolute atomic E-state index is 0.0313. The van der Waals surface area contributed by atoms with Crippen LogP contribution in [0.1, 0.15) is 71.5 Å². The number of ether oxygens (including phenoxy) is 1. The molecule has 6 N–H and O–H groups in total. The summed E-state index contributed by atoms with van der Waals surface area (Å²) in [6.45, 7) is 11.5. The van der Waals surface area contributed by atoms with Gasteiger partial charge in [0.05, 0.1) is 11.0 Å². The van der Waals surface area contributed by atoms with E-state index in [1.54, 1.807) is 4.57 Å². The number of aromatic amines is 1. The Bertz CT molecular complexity index is 1570. The minimum Gasteiger partial charge on any atom is -0.387 e. The van der Waals surface area contributed by atoms with Crippen LogP contribution in [0.3, 0.4) is 0 Å². The van der Waals surface area contributed by atoms with Gasteiger partial charge < -0.3 is 30.9 Å². The molecule has 4 aromatic rings. The van der Waals surface area contributed by atoms with Crippen LogP contribution in [-0.4, -0.2) is 81.8 Å². The second-order valence-electron chi connectivity index (χ2n) is 13.3. The van der Waals surface area contributed by atoms with Gasteiger partial charge in [-0.25, -0.2) is 9.97 Å². The van der Waals surface area contributed by atoms with Gasteiger partial charge in [0.15, 0.2) is 6.23 Å². The molecule has 1 aliphatic heterocycles. The summed E-state index contributed by atoms with van der Waals surface area (Å²) < 4.78 is 8.46. The fraction of sp³-hybridized carbons (Fsp3) is 0.600. The number of H-pyrrole nitrogens is 1. The third-order valence-electron chi connectivity index (χ3n) is 9.08. The molecule has 0 spiro atoms. The van der Waals surface area contributed by atoms with Gasteiger partial charge in [0.25, 0.3) is 12.1 Å². The number of aliphatic hydroxyl groups excluding tert-OH is 2. The fourth-order valence-electron chi connectivity index (χ4n) is 6.42. The first-order chi connectivity index (χ1) is 19.9. The minimum atomic E-state index is -1.16. The van der Waals surface area contributed by atoms with Crippen molar-refractivity contribution in [3.05, 3.63) is 42.2 Å². The van der Waals surface area contributed by atoms with Crippen molar-refractivity contribution in [2.45, 2.75) is 102 Å². The third kappa shape index (κ3) is 5.21. The summed E-state index contributed by atoms with van der Waals surface area (Å²) in [5.41, 5.74) is 10.1. The first-order valence-corrected chi connectivity index (χ1v) is 14.9. The first-order valence-electron chi connectivity index (χ1n) is 14.9. The number of benzene rings is 1. The summed E-state index contributed by atoms with van der Waals surface area (Å²) in [7, 11) is 0. The maximum absolute atomic E-state index is 10.9. The van der Waals surface area contributed by atoms with Crippen LogP contribution in [0, 0.1) is 5.92 Å². The molecule has 1 saturated heterocycles. The summed E-state index contributed by atoms with van der Waals surface area (Å²) in [4.78, 5) is 19.2. The summed E-state index contributed by atoms with van der Waals surface area (Å²) >= 11 is 0. The normalized spacial score (nSPS) is 26.6. The van der Waals surface area contributed by atoms with Crippen molar-refractivity contribution in [2.24, 2.45) is 5.92 Å². The quantitative estimate of drug-likeness (QED) is 0.156. The first kappa shape index (κ1) is 28.8. The Labute approximate surface area is 245 Å². The predicted octanol–water partition coefficient (Wildman–Crippen LogP) is 2.45. The summed E-state index contributed by atoms with van der Waals surface area (Å²) in [6.07, 6.45) is 3.10. The zero-order chi connectivity index (χ0) is 29.9. The lowest BCUT2D eigenvalue weighted by Crippen LogP contribution is -2.52. The average Bonchev–Trinajstić information content (AvgIpc) is 3.60. The Kier molecular flexibility index (Phi) is 7.37. The van der Waals surface area contributed by atoms with Crippen molar-refractivity contribution in [2.75, 3.05) is 12.3 Å². The Morgan fingerprint density at radius 3 is 2.67 bits per heavy atom. The van der Waals surface area contributed by atoms with E-state index in [1.807, 2.05) is 0 Å². The lowest BCUT2D eigenvalue weighted by Gasteiger charge is -2.46. The molecule has 4 atom stereocenters. The van der Waals surface area contributed by atoms with Gasteiger partial charge in [-0.15, -0.1) is 0 Å². The molecule has 0 unspecified atom stereocenters. The Morgan fingerprint density at radius 1 is 1.19 bits per heavy atom. The molecule has 1 saturated carbocycles. The zero-order valence-electron chi connectivity index (χ0n) is 25.0. The van der Waals surface area contributed by atoms with E-state index >= 15 is 0 Å². The number of imidazole rings is 2. The van der Waals surface area contributed by atoms with Crippen LogP contribution in [0.2, 0.25) is 0 Å². The molecule has 12 nitrogen and oxygen atoms in total. The van der Waals surface area contributed by atoms with E-state index in [4.69, 9.17) is 15.5 Å². The zero-order valence-corrected chi connectivity index (χ0v) is 25.0. The van der Waals surface area contributed by atoms with Gasteiger partial charge in [-0.05, 0) is 62.1 Å². The van der Waals surface area contributed by atoms with Gasteiger partial charge in [-0.3, -0.25) is 9.47 Å². The highest BCUT2D eigenvalue weighted by atomic mass is 16.6. The molecule has 3 aromatic heterocycles. The van der Waals surface area contributed by atoms with E-state index in [0.29, 0.717) is 28.9 Å². The number of aliphatic hydroxyl groups is 2. The molecule has 0 bridgehead atoms. The SMILES string of the molecule is CC(C)N(C[C@H]1O[C@@H](n2cnc3c(N)[n+](O)cnc32)[C@H](O)[C@@H]1O)[C@H]1C[C@H](CCc2nc3cc(C(C)(C)C)ccc3[nH]2)C1. The van der Waals surface area contributed by atoms with Gasteiger partial charge >= 0.3 is 0 Å². The van der Waals surface area contributed by atoms with Gasteiger partial charge in [0.1, 0.15) is 30.5 Å². The molecule has 226 valence electrons. The molecule has 2 fully saturated rings. The van der Waals surface area contributed by atoms with Crippen LogP contribution < -0.4 is 10.5 Å². The molecule has 1 aliphatic carbocycles. The van der Waals surface area contributed by atoms with Crippen molar-refractivity contribution < 1.29 is 24.9 Å². The van der Waals surface area contributed by atoms with Crippen LogP contribution in [0.25, 0.3) is 22.2 Å². The fourth-order valence-corrected chi connectivity index (χ4v) is 6.42. The third-order valence-corrected chi connectivity index (χ3v) is 9.08. The number of nitrogens with zero attached hydrogens (tertiary/aromatic N) is 6. The second kappa shape index (κ2) is 10.7. The lowest BCUT2D eigenvalue weighted by molar-refractivity contribution is -0.894. The van der Waals surface area contributed by atoms with Crippen LogP contribution >= 0.6 is 0 Å². The topological polar surface area (TPSA) is 162 Å². The molecular weight excluding hydrogens is 536 g/mol.